The quantitative estimate of drug-likeness (QED) is 0.426. The number of ether oxygens (including phenoxy) is 3. The zero-order valence-electron chi connectivity index (χ0n) is 19.0. The lowest BCUT2D eigenvalue weighted by Gasteiger charge is -2.21. The summed E-state index contributed by atoms with van der Waals surface area (Å²) in [6.07, 6.45) is 4.30. The van der Waals surface area contributed by atoms with Crippen LogP contribution in [-0.4, -0.2) is 42.0 Å². The molecule has 1 aliphatic carbocycles. The Morgan fingerprint density at radius 3 is 2.33 bits per heavy atom. The van der Waals surface area contributed by atoms with E-state index in [4.69, 9.17) is 25.7 Å². The molecule has 0 aliphatic heterocycles. The van der Waals surface area contributed by atoms with Crippen LogP contribution in [-0.2, 0) is 11.2 Å². The number of hydrogen-bond donors (Lipinski definition) is 3. The molecule has 0 amide bonds. The zero-order valence-corrected chi connectivity index (χ0v) is 19.0. The number of phenols is 1. The lowest BCUT2D eigenvalue weighted by molar-refractivity contribution is 0.104. The highest BCUT2D eigenvalue weighted by atomic mass is 16.5. The summed E-state index contributed by atoms with van der Waals surface area (Å²) in [6.45, 7) is 3.65. The topological polar surface area (TPSA) is 126 Å². The van der Waals surface area contributed by atoms with Gasteiger partial charge in [0.2, 0.25) is 5.95 Å². The first kappa shape index (κ1) is 22.7. The van der Waals surface area contributed by atoms with Crippen LogP contribution in [0.5, 0.6) is 17.2 Å². The van der Waals surface area contributed by atoms with Gasteiger partial charge < -0.3 is 30.8 Å². The number of nitrogens with zero attached hydrogens (tertiary/aromatic N) is 2. The predicted molar refractivity (Wildman–Crippen MR) is 127 cm³/mol. The van der Waals surface area contributed by atoms with Gasteiger partial charge in [0.15, 0.2) is 0 Å². The summed E-state index contributed by atoms with van der Waals surface area (Å²) in [7, 11) is 1.72. The van der Waals surface area contributed by atoms with E-state index < -0.39 is 0 Å². The van der Waals surface area contributed by atoms with Gasteiger partial charge in [0, 0.05) is 30.7 Å². The molecule has 1 fully saturated rings. The highest BCUT2D eigenvalue weighted by Gasteiger charge is 2.43. The third-order valence-corrected chi connectivity index (χ3v) is 5.83. The number of rotatable bonds is 10. The van der Waals surface area contributed by atoms with Gasteiger partial charge in [0.05, 0.1) is 25.4 Å². The third kappa shape index (κ3) is 5.28. The van der Waals surface area contributed by atoms with Crippen LogP contribution in [0.2, 0.25) is 0 Å². The van der Waals surface area contributed by atoms with Crippen LogP contribution in [0, 0.1) is 5.41 Å². The van der Waals surface area contributed by atoms with Crippen LogP contribution in [0.3, 0.4) is 0 Å². The molecule has 0 spiro atoms. The fourth-order valence-corrected chi connectivity index (χ4v) is 3.88. The van der Waals surface area contributed by atoms with E-state index in [1.54, 1.807) is 25.4 Å². The Morgan fingerprint density at radius 2 is 1.73 bits per heavy atom. The second-order valence-electron chi connectivity index (χ2n) is 8.48. The van der Waals surface area contributed by atoms with E-state index in [9.17, 15) is 5.11 Å². The van der Waals surface area contributed by atoms with Crippen molar-refractivity contribution >= 4 is 11.8 Å². The van der Waals surface area contributed by atoms with E-state index in [1.807, 2.05) is 31.2 Å². The van der Waals surface area contributed by atoms with Crippen molar-refractivity contribution in [1.29, 1.82) is 0 Å². The van der Waals surface area contributed by atoms with E-state index in [1.165, 1.54) is 0 Å². The van der Waals surface area contributed by atoms with Gasteiger partial charge in [-0.25, -0.2) is 4.98 Å². The molecule has 0 bridgehead atoms. The van der Waals surface area contributed by atoms with Gasteiger partial charge in [0.1, 0.15) is 23.1 Å². The van der Waals surface area contributed by atoms with Crippen LogP contribution in [0.4, 0.5) is 11.8 Å². The van der Waals surface area contributed by atoms with E-state index in [-0.39, 0.29) is 17.1 Å². The van der Waals surface area contributed by atoms with Crippen molar-refractivity contribution in [3.8, 4) is 28.4 Å². The van der Waals surface area contributed by atoms with Gasteiger partial charge in [-0.05, 0) is 55.2 Å². The summed E-state index contributed by atoms with van der Waals surface area (Å²) < 4.78 is 17.8. The molecule has 4 rings (SSSR count). The molecule has 8 heteroatoms. The molecule has 0 unspecified atom stereocenters. The van der Waals surface area contributed by atoms with Crippen LogP contribution >= 0.6 is 0 Å². The van der Waals surface area contributed by atoms with E-state index in [2.05, 4.69) is 9.97 Å². The second-order valence-corrected chi connectivity index (χ2v) is 8.48. The Kier molecular flexibility index (Phi) is 6.55. The molecule has 8 nitrogen and oxygen atoms in total. The average Bonchev–Trinajstić information content (AvgIpc) is 3.55. The molecule has 0 atom stereocenters. The van der Waals surface area contributed by atoms with E-state index >= 15 is 0 Å². The number of anilines is 2. The number of aromatic nitrogens is 2. The third-order valence-electron chi connectivity index (χ3n) is 5.83. The predicted octanol–water partition coefficient (Wildman–Crippen LogP) is 3.81. The molecule has 33 heavy (non-hydrogen) atoms. The number of hydrogen-bond acceptors (Lipinski definition) is 8. The van der Waals surface area contributed by atoms with Crippen molar-refractivity contribution in [2.45, 2.75) is 26.2 Å². The molecular formula is C25H30N4O4. The van der Waals surface area contributed by atoms with Crippen molar-refractivity contribution < 1.29 is 19.3 Å². The van der Waals surface area contributed by atoms with Crippen molar-refractivity contribution in [3.63, 3.8) is 0 Å². The molecule has 174 valence electrons. The first-order valence-electron chi connectivity index (χ1n) is 11.0. The van der Waals surface area contributed by atoms with Gasteiger partial charge in [-0.2, -0.15) is 4.98 Å². The maximum atomic E-state index is 9.77. The number of nitrogens with two attached hydrogens (primary N) is 2. The Balaban J connectivity index is 1.75. The molecule has 0 radical (unpaired) electrons. The lowest BCUT2D eigenvalue weighted by Crippen LogP contribution is -2.19. The van der Waals surface area contributed by atoms with Crippen molar-refractivity contribution in [2.24, 2.45) is 5.41 Å². The summed E-state index contributed by atoms with van der Waals surface area (Å²) in [4.78, 5) is 8.14. The average molecular weight is 451 g/mol. The maximum absolute atomic E-state index is 9.77. The molecule has 1 aromatic heterocycles. The number of methoxy groups -OCH3 is 1. The van der Waals surface area contributed by atoms with Crippen molar-refractivity contribution in [3.05, 3.63) is 53.7 Å². The highest BCUT2D eigenvalue weighted by molar-refractivity contribution is 5.78. The smallest absolute Gasteiger partial charge is 0.221 e. The minimum atomic E-state index is 0.0536. The summed E-state index contributed by atoms with van der Waals surface area (Å²) in [5.41, 5.74) is 15.2. The Hall–Kier alpha value is -3.52. The van der Waals surface area contributed by atoms with Crippen LogP contribution < -0.4 is 20.9 Å². The first-order valence-corrected chi connectivity index (χ1v) is 11.0. The van der Waals surface area contributed by atoms with Gasteiger partial charge in [-0.15, -0.1) is 0 Å². The summed E-state index contributed by atoms with van der Waals surface area (Å²) >= 11 is 0. The maximum Gasteiger partial charge on any atom is 0.221 e. The van der Waals surface area contributed by atoms with Gasteiger partial charge >= 0.3 is 0 Å². The minimum absolute atomic E-state index is 0.0536. The minimum Gasteiger partial charge on any atom is -0.508 e. The second kappa shape index (κ2) is 9.54. The van der Waals surface area contributed by atoms with Gasteiger partial charge in [-0.1, -0.05) is 12.1 Å². The Morgan fingerprint density at radius 1 is 1.03 bits per heavy atom. The van der Waals surface area contributed by atoms with Crippen LogP contribution in [0.25, 0.3) is 11.1 Å². The monoisotopic (exact) mass is 450 g/mol. The Bertz CT molecular complexity index is 1110. The molecule has 1 aliphatic rings. The fraction of sp³-hybridized carbons (Fsp3) is 0.360. The molecule has 0 saturated heterocycles. The number of benzene rings is 2. The molecule has 2 aromatic carbocycles. The molecule has 5 N–H and O–H groups in total. The molecule has 1 saturated carbocycles. The largest absolute Gasteiger partial charge is 0.508 e. The van der Waals surface area contributed by atoms with E-state index in [0.717, 1.165) is 35.1 Å². The summed E-state index contributed by atoms with van der Waals surface area (Å²) in [5.74, 6) is 2.10. The first-order chi connectivity index (χ1) is 15.9. The standard InChI is InChI=1S/C25H30N4O4/c1-3-32-20-11-16(10-18-13-28-24(27)29-23(18)26)12-21(33-15-25(8-9-25)14-31-2)22(20)17-4-6-19(30)7-5-17/h4-7,11-13,30H,3,8-10,14-15H2,1-2H3,(H4,26,27,28,29). The van der Waals surface area contributed by atoms with Crippen LogP contribution in [0.1, 0.15) is 30.9 Å². The summed E-state index contributed by atoms with van der Waals surface area (Å²) in [5, 5.41) is 9.77. The Labute approximate surface area is 193 Å². The number of nitrogen functional groups attached to an aromatic ring is 2. The normalized spacial score (nSPS) is 14.1. The number of aromatic hydroxyl groups is 1. The van der Waals surface area contributed by atoms with Crippen LogP contribution in [0.15, 0.2) is 42.6 Å². The van der Waals surface area contributed by atoms with Crippen molar-refractivity contribution in [2.75, 3.05) is 38.4 Å². The van der Waals surface area contributed by atoms with E-state index in [0.29, 0.717) is 43.6 Å². The SMILES string of the molecule is CCOc1cc(Cc2cnc(N)nc2N)cc(OCC2(COC)CC2)c1-c1ccc(O)cc1. The van der Waals surface area contributed by atoms with Gasteiger partial charge in [-0.3, -0.25) is 0 Å². The van der Waals surface area contributed by atoms with Crippen molar-refractivity contribution in [1.82, 2.24) is 9.97 Å². The highest BCUT2D eigenvalue weighted by Crippen LogP contribution is 2.48. The molecular weight excluding hydrogens is 420 g/mol. The fourth-order valence-electron chi connectivity index (χ4n) is 3.88. The summed E-state index contributed by atoms with van der Waals surface area (Å²) in [6, 6.07) is 11.0. The van der Waals surface area contributed by atoms with Gasteiger partial charge in [0.25, 0.3) is 0 Å². The lowest BCUT2D eigenvalue weighted by atomic mass is 9.98. The molecule has 3 aromatic rings. The number of phenolic OH excluding ortho intramolecular Hbond substituents is 1. The molecule has 1 heterocycles. The zero-order chi connectivity index (χ0) is 23.4.